The first-order valence-electron chi connectivity index (χ1n) is 26.2. The number of aryl methyl sites for hydroxylation is 2. The molecule has 0 unspecified atom stereocenters. The second-order valence-corrected chi connectivity index (χ2v) is 26.0. The van der Waals surface area contributed by atoms with E-state index in [0.29, 0.717) is 37.3 Å². The van der Waals surface area contributed by atoms with Crippen molar-refractivity contribution < 1.29 is 71.6 Å². The molecule has 10 N–H and O–H groups in total. The van der Waals surface area contributed by atoms with Crippen LogP contribution in [0.1, 0.15) is 59.5 Å². The van der Waals surface area contributed by atoms with Crippen molar-refractivity contribution in [2.45, 2.75) is 64.4 Å². The Labute approximate surface area is 498 Å². The van der Waals surface area contributed by atoms with Gasteiger partial charge in [0, 0.05) is 49.7 Å². The normalized spacial score (nSPS) is 11.5. The number of nitrogens with zero attached hydrogens (tertiary/aromatic N) is 4. The van der Waals surface area contributed by atoms with Crippen molar-refractivity contribution in [1.29, 1.82) is 0 Å². The highest BCUT2D eigenvalue weighted by Crippen LogP contribution is 2.31. The molecule has 0 aliphatic carbocycles. The van der Waals surface area contributed by atoms with Gasteiger partial charge in [0.25, 0.3) is 43.7 Å². The number of pyridine rings is 2. The largest absolute Gasteiger partial charge is 0.339 e. The second kappa shape index (κ2) is 28.0. The maximum absolute atomic E-state index is 13.7. The molecule has 86 heavy (non-hydrogen) atoms. The number of amides is 6. The molecular formula is C54H66N14O14S4+2. The van der Waals surface area contributed by atoms with E-state index in [1.165, 1.54) is 74.5 Å². The van der Waals surface area contributed by atoms with Gasteiger partial charge in [0.05, 0.1) is 56.4 Å². The molecule has 0 bridgehead atoms. The maximum atomic E-state index is 13.7. The number of hydrogen-bond donors (Lipinski definition) is 10. The Morgan fingerprint density at radius 3 is 1.12 bits per heavy atom. The third-order valence-electron chi connectivity index (χ3n) is 12.4. The van der Waals surface area contributed by atoms with Crippen LogP contribution in [0.4, 0.5) is 45.5 Å². The average Bonchev–Trinajstić information content (AvgIpc) is 1.32. The molecule has 6 amide bonds. The molecule has 0 aliphatic rings. The van der Waals surface area contributed by atoms with E-state index in [4.69, 9.17) is 0 Å². The topological polar surface area (TPSA) is 374 Å². The minimum absolute atomic E-state index is 0.143. The van der Waals surface area contributed by atoms with E-state index in [1.807, 2.05) is 27.7 Å². The van der Waals surface area contributed by atoms with Crippen LogP contribution in [0.25, 0.3) is 0 Å². The summed E-state index contributed by atoms with van der Waals surface area (Å²) in [6.45, 7) is 12.2. The third kappa shape index (κ3) is 18.3. The van der Waals surface area contributed by atoms with Gasteiger partial charge in [-0.3, -0.25) is 69.4 Å². The van der Waals surface area contributed by atoms with Crippen molar-refractivity contribution in [2.75, 3.05) is 79.1 Å². The molecule has 32 heteroatoms. The highest BCUT2D eigenvalue weighted by Gasteiger charge is 2.25. The van der Waals surface area contributed by atoms with Gasteiger partial charge in [-0.15, -0.1) is 0 Å². The van der Waals surface area contributed by atoms with E-state index in [1.54, 1.807) is 68.0 Å². The van der Waals surface area contributed by atoms with E-state index < -0.39 is 63.7 Å². The molecule has 4 aromatic carbocycles. The van der Waals surface area contributed by atoms with Gasteiger partial charge in [0.1, 0.15) is 11.1 Å². The van der Waals surface area contributed by atoms with Crippen LogP contribution in [-0.2, 0) is 72.4 Å². The van der Waals surface area contributed by atoms with E-state index in [9.17, 15) is 62.4 Å². The van der Waals surface area contributed by atoms with Gasteiger partial charge in [0.2, 0.25) is 33.1 Å². The van der Waals surface area contributed by atoms with Crippen molar-refractivity contribution in [3.8, 4) is 0 Å². The van der Waals surface area contributed by atoms with Gasteiger partial charge in [0.15, 0.2) is 24.8 Å². The molecule has 6 aromatic rings. The van der Waals surface area contributed by atoms with Crippen LogP contribution in [-0.4, -0.2) is 118 Å². The van der Waals surface area contributed by atoms with Crippen LogP contribution in [0.15, 0.2) is 132 Å². The first-order chi connectivity index (χ1) is 40.4. The number of sulfonamides is 4. The Morgan fingerprint density at radius 1 is 0.442 bits per heavy atom. The highest BCUT2D eigenvalue weighted by atomic mass is 32.2. The number of benzene rings is 4. The molecule has 0 radical (unpaired) electrons. The summed E-state index contributed by atoms with van der Waals surface area (Å²) in [5.41, 5.74) is 9.52. The Morgan fingerprint density at radius 2 is 0.791 bits per heavy atom. The summed E-state index contributed by atoms with van der Waals surface area (Å²) in [4.78, 5) is 80.6. The van der Waals surface area contributed by atoms with Crippen molar-refractivity contribution >= 4 is 121 Å². The van der Waals surface area contributed by atoms with Gasteiger partial charge in [-0.2, -0.15) is 9.13 Å². The lowest BCUT2D eigenvalue weighted by atomic mass is 10.2. The lowest BCUT2D eigenvalue weighted by molar-refractivity contribution is -0.684. The number of aromatic nitrogens is 2. The fourth-order valence-electron chi connectivity index (χ4n) is 8.45. The van der Waals surface area contributed by atoms with Crippen LogP contribution >= 0.6 is 0 Å². The zero-order chi connectivity index (χ0) is 63.3. The monoisotopic (exact) mass is 1260 g/mol. The number of anilines is 8. The molecule has 458 valence electrons. The zero-order valence-electron chi connectivity index (χ0n) is 47.9. The number of rotatable bonds is 26. The molecule has 0 fully saturated rings. The molecule has 0 atom stereocenters. The minimum Gasteiger partial charge on any atom is -0.339 e. The van der Waals surface area contributed by atoms with E-state index in [-0.39, 0.29) is 91.3 Å². The van der Waals surface area contributed by atoms with Gasteiger partial charge in [-0.05, 0) is 138 Å². The Bertz CT molecular complexity index is 3810. The lowest BCUT2D eigenvalue weighted by Gasteiger charge is -2.18. The van der Waals surface area contributed by atoms with Crippen molar-refractivity contribution in [1.82, 2.24) is 20.7 Å². The van der Waals surface area contributed by atoms with E-state index in [0.717, 1.165) is 24.6 Å². The van der Waals surface area contributed by atoms with Crippen molar-refractivity contribution in [3.63, 3.8) is 0 Å². The zero-order valence-corrected chi connectivity index (χ0v) is 51.2. The molecule has 0 aliphatic heterocycles. The number of nitrogens with one attached hydrogen (secondary N) is 10. The first-order valence-corrected chi connectivity index (χ1v) is 33.0. The maximum Gasteiger partial charge on any atom is 0.329 e. The molecule has 0 saturated heterocycles. The summed E-state index contributed by atoms with van der Waals surface area (Å²) in [6.07, 6.45) is 7.99. The van der Waals surface area contributed by atoms with Crippen molar-refractivity contribution in [3.05, 3.63) is 144 Å². The van der Waals surface area contributed by atoms with Crippen LogP contribution in [0.3, 0.4) is 0 Å². The number of hydrazine groups is 2. The Kier molecular flexibility index (Phi) is 21.4. The van der Waals surface area contributed by atoms with Crippen LogP contribution in [0.5, 0.6) is 0 Å². The van der Waals surface area contributed by atoms with Gasteiger partial charge >= 0.3 is 11.8 Å². The number of hydrogen-bond acceptors (Lipinski definition) is 16. The second-order valence-electron chi connectivity index (χ2n) is 19.2. The van der Waals surface area contributed by atoms with Gasteiger partial charge in [-0.25, -0.2) is 33.7 Å². The number of carbonyl (C=O) groups is 6. The summed E-state index contributed by atoms with van der Waals surface area (Å²) in [5.74, 6) is -4.05. The highest BCUT2D eigenvalue weighted by molar-refractivity contribution is 7.93. The first kappa shape index (κ1) is 65.7. The fourth-order valence-corrected chi connectivity index (χ4v) is 12.1. The predicted molar refractivity (Wildman–Crippen MR) is 322 cm³/mol. The summed E-state index contributed by atoms with van der Waals surface area (Å²) in [5, 5.41) is 5.42. The Balaban J connectivity index is 1.06. The van der Waals surface area contributed by atoms with Gasteiger partial charge in [-0.1, -0.05) is 0 Å². The molecular weight excluding hydrogens is 1200 g/mol. The van der Waals surface area contributed by atoms with Crippen molar-refractivity contribution in [2.24, 2.45) is 0 Å². The molecule has 2 aromatic heterocycles. The van der Waals surface area contributed by atoms with E-state index in [2.05, 4.69) is 51.2 Å². The molecule has 2 heterocycles. The summed E-state index contributed by atoms with van der Waals surface area (Å²) >= 11 is 0. The molecule has 0 spiro atoms. The van der Waals surface area contributed by atoms with Gasteiger partial charge < -0.3 is 20.4 Å². The summed E-state index contributed by atoms with van der Waals surface area (Å²) in [7, 11) is -16.9. The third-order valence-corrected chi connectivity index (χ3v) is 16.7. The average molecular weight is 1260 g/mol. The molecule has 6 rings (SSSR count). The molecule has 28 nitrogen and oxygen atoms in total. The lowest BCUT2D eigenvalue weighted by Crippen LogP contribution is -2.44. The summed E-state index contributed by atoms with van der Waals surface area (Å²) in [6, 6.07) is 21.7. The molecule has 0 saturated carbocycles. The predicted octanol–water partition coefficient (Wildman–Crippen LogP) is 3.05. The van der Waals surface area contributed by atoms with Crippen LogP contribution < -0.4 is 60.4 Å². The smallest absolute Gasteiger partial charge is 0.329 e. The van der Waals surface area contributed by atoms with E-state index >= 15 is 0 Å². The van der Waals surface area contributed by atoms with Crippen LogP contribution in [0, 0.1) is 13.8 Å². The fraction of sp³-hybridized carbons (Fsp3) is 0.259. The Hall–Kier alpha value is -9.40. The standard InChI is InChI=1S/C54H64N14O14S4/c1-9-67(10-2)53(73)37-15-13-25-65(31-37)33-49(69)55-39-19-23-47(35(5)27-39)85(79,80)61-41-17-21-43(45(29-41)63-83(7,75)76)57-59-51(71)52(72)60-58-44-22-18-42(30-46(44)64-84(8,77)78)62-86(81,82)48-24-20-40(28-36(48)6)56-50(70)34-66-26-14-16-38(32-66)54(74)68(11-3)12-4/h13-32H,9-12,33-34H2,1-8H3,(H8-2,55,56,57,58,59,60,61,62,63,64,69,70,71,72)/p+2. The van der Waals surface area contributed by atoms with Crippen LogP contribution in [0.2, 0.25) is 0 Å². The minimum atomic E-state index is -4.37. The summed E-state index contributed by atoms with van der Waals surface area (Å²) < 4.78 is 117. The number of carbonyl (C=O) groups excluding carboxylic acids is 6. The SMILES string of the molecule is CCN(CC)C(=O)c1ccc[n+](CC(=O)Nc2ccc(S(=O)(=O)Nc3ccc(NNC(=O)C(=O)NNc4ccc(NS(=O)(=O)c5ccc(NC(=O)C[n+]6cccc(C(=O)N(CC)CC)c6)cc5C)cc4NS(C)(=O)=O)c(NS(C)(=O)=O)c3)c(C)c2)c1. The quantitative estimate of drug-likeness (QED) is 0.0212.